The fraction of sp³-hybridized carbons (Fsp3) is 0.429. The summed E-state index contributed by atoms with van der Waals surface area (Å²) in [5.41, 5.74) is 3.76. The normalized spacial score (nSPS) is 12.9. The van der Waals surface area contributed by atoms with Gasteiger partial charge in [-0.1, -0.05) is 13.8 Å². The molecule has 5 nitrogen and oxygen atoms in total. The predicted molar refractivity (Wildman–Crippen MR) is 108 cm³/mol. The van der Waals surface area contributed by atoms with Gasteiger partial charge in [0.2, 0.25) is 10.0 Å². The van der Waals surface area contributed by atoms with Crippen molar-refractivity contribution in [3.8, 4) is 11.5 Å². The Balaban J connectivity index is 2.37. The number of sulfonamides is 1. The number of benzene rings is 2. The van der Waals surface area contributed by atoms with Crippen LogP contribution in [0.15, 0.2) is 35.2 Å². The van der Waals surface area contributed by atoms with Crippen LogP contribution in [-0.4, -0.2) is 22.6 Å². The molecule has 0 aromatic heterocycles. The van der Waals surface area contributed by atoms with Crippen LogP contribution in [0.4, 0.5) is 0 Å². The van der Waals surface area contributed by atoms with Gasteiger partial charge in [-0.25, -0.2) is 13.1 Å². The molecule has 1 N–H and O–H groups in total. The SMILES string of the molecule is COc1ccc(S(=O)(=O)N[C@@H](C)c2cc(C(C)C)c(OC)cc2C)cc1C. The number of nitrogens with one attached hydrogen (secondary N) is 1. The topological polar surface area (TPSA) is 64.6 Å². The maximum absolute atomic E-state index is 12.8. The third kappa shape index (κ3) is 4.62. The van der Waals surface area contributed by atoms with Crippen LogP contribution in [0, 0.1) is 13.8 Å². The largest absolute Gasteiger partial charge is 0.496 e. The number of rotatable bonds is 7. The summed E-state index contributed by atoms with van der Waals surface area (Å²) in [5, 5.41) is 0. The summed E-state index contributed by atoms with van der Waals surface area (Å²) < 4.78 is 39.2. The minimum Gasteiger partial charge on any atom is -0.496 e. The Labute approximate surface area is 162 Å². The van der Waals surface area contributed by atoms with Crippen LogP contribution in [0.1, 0.15) is 55.0 Å². The van der Waals surface area contributed by atoms with Gasteiger partial charge in [-0.05, 0) is 79.3 Å². The fourth-order valence-electron chi connectivity index (χ4n) is 3.19. The average Bonchev–Trinajstić information content (AvgIpc) is 2.60. The summed E-state index contributed by atoms with van der Waals surface area (Å²) in [5.74, 6) is 1.76. The maximum Gasteiger partial charge on any atom is 0.241 e. The molecule has 27 heavy (non-hydrogen) atoms. The lowest BCUT2D eigenvalue weighted by molar-refractivity contribution is 0.406. The molecule has 0 radical (unpaired) electrons. The summed E-state index contributed by atoms with van der Waals surface area (Å²) in [6, 6.07) is 8.47. The molecule has 0 saturated carbocycles. The highest BCUT2D eigenvalue weighted by molar-refractivity contribution is 7.89. The smallest absolute Gasteiger partial charge is 0.241 e. The molecule has 1 atom stereocenters. The molecule has 0 amide bonds. The van der Waals surface area contributed by atoms with E-state index >= 15 is 0 Å². The van der Waals surface area contributed by atoms with Gasteiger partial charge in [0.1, 0.15) is 11.5 Å². The van der Waals surface area contributed by atoms with Gasteiger partial charge >= 0.3 is 0 Å². The molecule has 148 valence electrons. The lowest BCUT2D eigenvalue weighted by atomic mass is 9.94. The number of hydrogen-bond acceptors (Lipinski definition) is 4. The highest BCUT2D eigenvalue weighted by Gasteiger charge is 2.22. The maximum atomic E-state index is 12.8. The van der Waals surface area contributed by atoms with Crippen molar-refractivity contribution in [1.82, 2.24) is 4.72 Å². The Morgan fingerprint density at radius 2 is 1.48 bits per heavy atom. The molecule has 0 aliphatic rings. The van der Waals surface area contributed by atoms with Crippen LogP contribution >= 0.6 is 0 Å². The number of methoxy groups -OCH3 is 2. The first kappa shape index (κ1) is 21.3. The van der Waals surface area contributed by atoms with Crippen molar-refractivity contribution in [2.24, 2.45) is 0 Å². The van der Waals surface area contributed by atoms with Gasteiger partial charge in [0.25, 0.3) is 0 Å². The summed E-state index contributed by atoms with van der Waals surface area (Å²) in [7, 11) is -0.441. The van der Waals surface area contributed by atoms with E-state index in [9.17, 15) is 8.42 Å². The van der Waals surface area contributed by atoms with E-state index in [0.29, 0.717) is 5.75 Å². The third-order valence-electron chi connectivity index (χ3n) is 4.72. The van der Waals surface area contributed by atoms with E-state index < -0.39 is 10.0 Å². The van der Waals surface area contributed by atoms with Crippen molar-refractivity contribution in [1.29, 1.82) is 0 Å². The van der Waals surface area contributed by atoms with Crippen LogP contribution < -0.4 is 14.2 Å². The summed E-state index contributed by atoms with van der Waals surface area (Å²) in [4.78, 5) is 0.225. The van der Waals surface area contributed by atoms with Crippen molar-refractivity contribution < 1.29 is 17.9 Å². The molecule has 0 unspecified atom stereocenters. The van der Waals surface area contributed by atoms with E-state index in [2.05, 4.69) is 18.6 Å². The Hall–Kier alpha value is -2.05. The second-order valence-electron chi connectivity index (χ2n) is 7.08. The second kappa shape index (κ2) is 8.31. The minimum atomic E-state index is -3.66. The van der Waals surface area contributed by atoms with Gasteiger partial charge in [-0.2, -0.15) is 0 Å². The third-order valence-corrected chi connectivity index (χ3v) is 6.25. The van der Waals surface area contributed by atoms with Gasteiger partial charge < -0.3 is 9.47 Å². The summed E-state index contributed by atoms with van der Waals surface area (Å²) in [6.45, 7) is 9.82. The Kier molecular flexibility index (Phi) is 6.54. The molecule has 2 rings (SSSR count). The lowest BCUT2D eigenvalue weighted by Crippen LogP contribution is -2.27. The average molecular weight is 392 g/mol. The molecule has 0 fully saturated rings. The Morgan fingerprint density at radius 3 is 2.00 bits per heavy atom. The minimum absolute atomic E-state index is 0.225. The summed E-state index contributed by atoms with van der Waals surface area (Å²) >= 11 is 0. The van der Waals surface area contributed by atoms with Crippen molar-refractivity contribution in [2.75, 3.05) is 14.2 Å². The molecular formula is C21H29NO4S. The molecule has 0 saturated heterocycles. The van der Waals surface area contributed by atoms with Crippen molar-refractivity contribution >= 4 is 10.0 Å². The quantitative estimate of drug-likeness (QED) is 0.756. The molecule has 0 aliphatic carbocycles. The van der Waals surface area contributed by atoms with E-state index in [0.717, 1.165) is 28.0 Å². The monoisotopic (exact) mass is 391 g/mol. The van der Waals surface area contributed by atoms with E-state index in [1.165, 1.54) is 0 Å². The van der Waals surface area contributed by atoms with Crippen molar-refractivity contribution in [3.63, 3.8) is 0 Å². The van der Waals surface area contributed by atoms with Crippen LogP contribution in [0.2, 0.25) is 0 Å². The molecule has 2 aromatic rings. The zero-order valence-electron chi connectivity index (χ0n) is 17.1. The van der Waals surface area contributed by atoms with Crippen LogP contribution in [-0.2, 0) is 10.0 Å². The van der Waals surface area contributed by atoms with E-state index in [1.54, 1.807) is 32.4 Å². The number of aryl methyl sites for hydroxylation is 2. The highest BCUT2D eigenvalue weighted by Crippen LogP contribution is 2.32. The lowest BCUT2D eigenvalue weighted by Gasteiger charge is -2.21. The second-order valence-corrected chi connectivity index (χ2v) is 8.79. The van der Waals surface area contributed by atoms with Crippen molar-refractivity contribution in [2.45, 2.75) is 51.5 Å². The van der Waals surface area contributed by atoms with Crippen LogP contribution in [0.5, 0.6) is 11.5 Å². The van der Waals surface area contributed by atoms with E-state index in [-0.39, 0.29) is 16.9 Å². The van der Waals surface area contributed by atoms with Crippen molar-refractivity contribution in [3.05, 3.63) is 52.6 Å². The highest BCUT2D eigenvalue weighted by atomic mass is 32.2. The molecule has 0 heterocycles. The first-order chi connectivity index (χ1) is 12.6. The first-order valence-electron chi connectivity index (χ1n) is 8.96. The van der Waals surface area contributed by atoms with Crippen LogP contribution in [0.3, 0.4) is 0 Å². The first-order valence-corrected chi connectivity index (χ1v) is 10.4. The van der Waals surface area contributed by atoms with Gasteiger partial charge in [0, 0.05) is 6.04 Å². The van der Waals surface area contributed by atoms with E-state index in [1.807, 2.05) is 32.9 Å². The Bertz CT molecular complexity index is 920. The molecule has 2 aromatic carbocycles. The molecule has 6 heteroatoms. The molecule has 0 bridgehead atoms. The van der Waals surface area contributed by atoms with Crippen LogP contribution in [0.25, 0.3) is 0 Å². The number of ether oxygens (including phenoxy) is 2. The molecule has 0 spiro atoms. The standard InChI is InChI=1S/C21H29NO4S/c1-13(2)18-12-19(14(3)11-21(18)26-7)16(5)22-27(23,24)17-8-9-20(25-6)15(4)10-17/h8-13,16,22H,1-7H3/t16-/m0/s1. The number of hydrogen-bond donors (Lipinski definition) is 1. The zero-order chi connectivity index (χ0) is 20.4. The van der Waals surface area contributed by atoms with Gasteiger partial charge in [0.05, 0.1) is 19.1 Å². The zero-order valence-corrected chi connectivity index (χ0v) is 17.9. The predicted octanol–water partition coefficient (Wildman–Crippen LogP) is 4.48. The van der Waals surface area contributed by atoms with E-state index in [4.69, 9.17) is 9.47 Å². The summed E-state index contributed by atoms with van der Waals surface area (Å²) in [6.07, 6.45) is 0. The molecule has 0 aliphatic heterocycles. The van der Waals surface area contributed by atoms with Gasteiger partial charge in [-0.15, -0.1) is 0 Å². The van der Waals surface area contributed by atoms with Gasteiger partial charge in [0.15, 0.2) is 0 Å². The van der Waals surface area contributed by atoms with Gasteiger partial charge in [-0.3, -0.25) is 0 Å². The fourth-order valence-corrected chi connectivity index (χ4v) is 4.50. The molecular weight excluding hydrogens is 362 g/mol. The Morgan fingerprint density at radius 1 is 0.852 bits per heavy atom.